The molecule has 28 heavy (non-hydrogen) atoms. The maximum atomic E-state index is 12.9. The van der Waals surface area contributed by atoms with E-state index in [1.807, 2.05) is 0 Å². The molecule has 0 aromatic heterocycles. The normalized spacial score (nSPS) is 27.2. The van der Waals surface area contributed by atoms with Gasteiger partial charge in [-0.05, 0) is 45.7 Å². The van der Waals surface area contributed by atoms with Gasteiger partial charge in [0.2, 0.25) is 21.8 Å². The Morgan fingerprint density at radius 1 is 1.14 bits per heavy atom. The lowest BCUT2D eigenvalue weighted by molar-refractivity contribution is -0.130. The monoisotopic (exact) mass is 414 g/mol. The van der Waals surface area contributed by atoms with Gasteiger partial charge in [0, 0.05) is 13.1 Å². The maximum Gasteiger partial charge on any atom is 0.244 e. The molecule has 1 spiro atoms. The minimum absolute atomic E-state index is 0.00822. The molecule has 0 aromatic rings. The van der Waals surface area contributed by atoms with Crippen molar-refractivity contribution in [2.45, 2.75) is 69.9 Å². The number of sulfonamides is 1. The van der Waals surface area contributed by atoms with Crippen LogP contribution in [-0.4, -0.2) is 79.5 Å². The Hall–Kier alpha value is -1.19. The van der Waals surface area contributed by atoms with Crippen LogP contribution in [-0.2, 0) is 19.6 Å². The van der Waals surface area contributed by atoms with Crippen LogP contribution in [0.3, 0.4) is 0 Å². The molecular weight excluding hydrogens is 380 g/mol. The fourth-order valence-electron chi connectivity index (χ4n) is 4.65. The van der Waals surface area contributed by atoms with E-state index in [2.05, 4.69) is 15.5 Å². The van der Waals surface area contributed by atoms with Gasteiger partial charge in [-0.25, -0.2) is 8.42 Å². The molecule has 2 N–H and O–H groups in total. The summed E-state index contributed by atoms with van der Waals surface area (Å²) in [7, 11) is -3.45. The number of likely N-dealkylation sites (tertiary alicyclic amines) is 1. The third-order valence-electron chi connectivity index (χ3n) is 6.29. The second kappa shape index (κ2) is 9.09. The van der Waals surface area contributed by atoms with Gasteiger partial charge in [0.25, 0.3) is 0 Å². The predicted octanol–water partition coefficient (Wildman–Crippen LogP) is 0.442. The van der Waals surface area contributed by atoms with Gasteiger partial charge in [-0.15, -0.1) is 0 Å². The predicted molar refractivity (Wildman–Crippen MR) is 107 cm³/mol. The van der Waals surface area contributed by atoms with E-state index in [9.17, 15) is 18.0 Å². The fourth-order valence-corrected chi connectivity index (χ4v) is 5.84. The molecule has 0 radical (unpaired) electrons. The standard InChI is InChI=1S/C19H34N4O4S/c1-2-28(26,27)23-13-16(18(25)21-19(15-23)9-5-6-10-19)20-17(24)14-22-11-7-3-4-8-12-22/h16H,2-15H2,1H3,(H,20,24)(H,21,25). The Balaban J connectivity index is 1.70. The van der Waals surface area contributed by atoms with Crippen molar-refractivity contribution in [3.63, 3.8) is 0 Å². The first-order chi connectivity index (χ1) is 13.3. The molecule has 3 aliphatic rings. The molecule has 0 bridgehead atoms. The van der Waals surface area contributed by atoms with E-state index in [1.54, 1.807) is 6.92 Å². The quantitative estimate of drug-likeness (QED) is 0.680. The van der Waals surface area contributed by atoms with Crippen LogP contribution >= 0.6 is 0 Å². The Morgan fingerprint density at radius 3 is 2.39 bits per heavy atom. The Labute approximate surface area is 168 Å². The molecule has 2 saturated heterocycles. The van der Waals surface area contributed by atoms with E-state index in [-0.39, 0.29) is 30.7 Å². The molecule has 3 fully saturated rings. The van der Waals surface area contributed by atoms with Crippen molar-refractivity contribution in [2.24, 2.45) is 0 Å². The first kappa shape index (κ1) is 21.5. The fraction of sp³-hybridized carbons (Fsp3) is 0.895. The van der Waals surface area contributed by atoms with Gasteiger partial charge in [0.1, 0.15) is 6.04 Å². The van der Waals surface area contributed by atoms with Crippen LogP contribution in [0, 0.1) is 0 Å². The van der Waals surface area contributed by atoms with Crippen LogP contribution in [0.5, 0.6) is 0 Å². The molecule has 1 aliphatic carbocycles. The van der Waals surface area contributed by atoms with Crippen molar-refractivity contribution in [3.8, 4) is 0 Å². The van der Waals surface area contributed by atoms with E-state index in [0.717, 1.165) is 51.6 Å². The lowest BCUT2D eigenvalue weighted by atomic mass is 9.98. The van der Waals surface area contributed by atoms with Gasteiger partial charge in [0.05, 0.1) is 17.8 Å². The Morgan fingerprint density at radius 2 is 1.79 bits per heavy atom. The Kier molecular flexibility index (Phi) is 6.98. The lowest BCUT2D eigenvalue weighted by Gasteiger charge is -2.32. The number of rotatable bonds is 5. The molecule has 160 valence electrons. The van der Waals surface area contributed by atoms with Gasteiger partial charge in [-0.3, -0.25) is 14.5 Å². The number of hydrogen-bond donors (Lipinski definition) is 2. The smallest absolute Gasteiger partial charge is 0.244 e. The molecule has 1 unspecified atom stereocenters. The molecule has 8 nitrogen and oxygen atoms in total. The summed E-state index contributed by atoms with van der Waals surface area (Å²) in [5.41, 5.74) is -0.496. The highest BCUT2D eigenvalue weighted by Crippen LogP contribution is 2.32. The van der Waals surface area contributed by atoms with E-state index in [1.165, 1.54) is 17.1 Å². The second-order valence-corrected chi connectivity index (χ2v) is 10.7. The van der Waals surface area contributed by atoms with Crippen molar-refractivity contribution in [3.05, 3.63) is 0 Å². The molecule has 1 atom stereocenters. The SMILES string of the molecule is CCS(=O)(=O)N1CC(NC(=O)CN2CCCCCC2)C(=O)NC2(CCCC2)C1. The van der Waals surface area contributed by atoms with Crippen LogP contribution in [0.25, 0.3) is 0 Å². The third-order valence-corrected chi connectivity index (χ3v) is 8.08. The van der Waals surface area contributed by atoms with Crippen molar-refractivity contribution in [1.82, 2.24) is 19.8 Å². The zero-order valence-electron chi connectivity index (χ0n) is 16.9. The first-order valence-electron chi connectivity index (χ1n) is 10.7. The average molecular weight is 415 g/mol. The van der Waals surface area contributed by atoms with Crippen molar-refractivity contribution >= 4 is 21.8 Å². The van der Waals surface area contributed by atoms with Gasteiger partial charge in [0.15, 0.2) is 0 Å². The second-order valence-electron chi connectivity index (χ2n) is 8.48. The van der Waals surface area contributed by atoms with E-state index >= 15 is 0 Å². The molecular formula is C19H34N4O4S. The molecule has 9 heteroatoms. The molecule has 3 rings (SSSR count). The summed E-state index contributed by atoms with van der Waals surface area (Å²) in [5.74, 6) is -0.482. The van der Waals surface area contributed by atoms with Gasteiger partial charge < -0.3 is 10.6 Å². The summed E-state index contributed by atoms with van der Waals surface area (Å²) in [6, 6.07) is -0.847. The van der Waals surface area contributed by atoms with E-state index in [4.69, 9.17) is 0 Å². The zero-order valence-corrected chi connectivity index (χ0v) is 17.7. The first-order valence-corrected chi connectivity index (χ1v) is 12.3. The van der Waals surface area contributed by atoms with Crippen LogP contribution < -0.4 is 10.6 Å². The van der Waals surface area contributed by atoms with Crippen LogP contribution in [0.15, 0.2) is 0 Å². The lowest BCUT2D eigenvalue weighted by Crippen LogP contribution is -2.55. The van der Waals surface area contributed by atoms with Crippen LogP contribution in [0.2, 0.25) is 0 Å². The summed E-state index contributed by atoms with van der Waals surface area (Å²) in [4.78, 5) is 27.6. The van der Waals surface area contributed by atoms with Crippen LogP contribution in [0.1, 0.15) is 58.3 Å². The summed E-state index contributed by atoms with van der Waals surface area (Å²) in [6.07, 6.45) is 8.07. The highest BCUT2D eigenvalue weighted by atomic mass is 32.2. The van der Waals surface area contributed by atoms with Gasteiger partial charge in [-0.1, -0.05) is 25.7 Å². The number of carbonyl (C=O) groups excluding carboxylic acids is 2. The number of hydrogen-bond acceptors (Lipinski definition) is 5. The number of amides is 2. The summed E-state index contributed by atoms with van der Waals surface area (Å²) in [6.45, 7) is 3.97. The molecule has 2 heterocycles. The van der Waals surface area contributed by atoms with Crippen LogP contribution in [0.4, 0.5) is 0 Å². The van der Waals surface area contributed by atoms with Crippen molar-refractivity contribution in [2.75, 3.05) is 38.5 Å². The molecule has 0 aromatic carbocycles. The van der Waals surface area contributed by atoms with Gasteiger partial charge >= 0.3 is 0 Å². The summed E-state index contributed by atoms with van der Waals surface area (Å²) >= 11 is 0. The maximum absolute atomic E-state index is 12.9. The Bertz CT molecular complexity index is 667. The van der Waals surface area contributed by atoms with E-state index in [0.29, 0.717) is 6.54 Å². The average Bonchev–Trinajstić information content (AvgIpc) is 2.86. The largest absolute Gasteiger partial charge is 0.348 e. The number of nitrogens with one attached hydrogen (secondary N) is 2. The number of nitrogens with zero attached hydrogens (tertiary/aromatic N) is 2. The van der Waals surface area contributed by atoms with Gasteiger partial charge in [-0.2, -0.15) is 4.31 Å². The molecule has 1 saturated carbocycles. The zero-order chi connectivity index (χ0) is 20.2. The third kappa shape index (κ3) is 5.24. The van der Waals surface area contributed by atoms with Crippen molar-refractivity contribution in [1.29, 1.82) is 0 Å². The van der Waals surface area contributed by atoms with E-state index < -0.39 is 21.6 Å². The number of carbonyl (C=O) groups is 2. The minimum atomic E-state index is -3.45. The van der Waals surface area contributed by atoms with Crippen molar-refractivity contribution < 1.29 is 18.0 Å². The molecule has 2 amide bonds. The minimum Gasteiger partial charge on any atom is -0.348 e. The summed E-state index contributed by atoms with van der Waals surface area (Å²) < 4.78 is 26.6. The highest BCUT2D eigenvalue weighted by Gasteiger charge is 2.45. The topological polar surface area (TPSA) is 98.8 Å². The summed E-state index contributed by atoms with van der Waals surface area (Å²) in [5, 5.41) is 5.89. The molecule has 2 aliphatic heterocycles. The highest BCUT2D eigenvalue weighted by molar-refractivity contribution is 7.89.